The van der Waals surface area contributed by atoms with Crippen molar-refractivity contribution in [3.8, 4) is 11.6 Å². The van der Waals surface area contributed by atoms with Crippen LogP contribution in [0.15, 0.2) is 34.9 Å². The van der Waals surface area contributed by atoms with Gasteiger partial charge in [-0.2, -0.15) is 0 Å². The Bertz CT molecular complexity index is 575. The van der Waals surface area contributed by atoms with Gasteiger partial charge in [0.15, 0.2) is 0 Å². The van der Waals surface area contributed by atoms with Crippen molar-refractivity contribution in [3.05, 3.63) is 51.9 Å². The molecule has 0 saturated heterocycles. The van der Waals surface area contributed by atoms with Crippen LogP contribution in [0.1, 0.15) is 11.1 Å². The largest absolute Gasteiger partial charge is 0.439 e. The van der Waals surface area contributed by atoms with Gasteiger partial charge in [-0.15, -0.1) is 0 Å². The fourth-order valence-corrected chi connectivity index (χ4v) is 1.74. The fourth-order valence-electron chi connectivity index (χ4n) is 1.49. The molecule has 0 bridgehead atoms. The van der Waals surface area contributed by atoms with Crippen molar-refractivity contribution in [1.29, 1.82) is 0 Å². The summed E-state index contributed by atoms with van der Waals surface area (Å²) >= 11 is 3.09. The van der Waals surface area contributed by atoms with Gasteiger partial charge in [0.05, 0.1) is 4.47 Å². The number of ether oxygens (including phenoxy) is 1. The van der Waals surface area contributed by atoms with Crippen LogP contribution >= 0.6 is 15.9 Å². The Morgan fingerprint density at radius 1 is 1.39 bits per heavy atom. The lowest BCUT2D eigenvalue weighted by Gasteiger charge is -2.09. The molecule has 0 fully saturated rings. The molecule has 0 unspecified atom stereocenters. The third-order valence-corrected chi connectivity index (χ3v) is 3.07. The van der Waals surface area contributed by atoms with E-state index < -0.39 is 0 Å². The average Bonchev–Trinajstić information content (AvgIpc) is 2.36. The molecule has 2 rings (SSSR count). The van der Waals surface area contributed by atoms with Crippen LogP contribution < -0.4 is 10.5 Å². The minimum Gasteiger partial charge on any atom is -0.439 e. The van der Waals surface area contributed by atoms with Crippen LogP contribution in [0.2, 0.25) is 0 Å². The molecule has 0 saturated carbocycles. The van der Waals surface area contributed by atoms with Gasteiger partial charge in [0.25, 0.3) is 0 Å². The number of rotatable bonds is 3. The molecule has 1 aromatic carbocycles. The van der Waals surface area contributed by atoms with Gasteiger partial charge in [-0.3, -0.25) is 0 Å². The zero-order valence-corrected chi connectivity index (χ0v) is 11.4. The van der Waals surface area contributed by atoms with E-state index in [9.17, 15) is 4.39 Å². The van der Waals surface area contributed by atoms with Crippen LogP contribution in [-0.2, 0) is 6.54 Å². The third kappa shape index (κ3) is 2.86. The molecule has 1 aromatic heterocycles. The smallest absolute Gasteiger partial charge is 0.222 e. The highest BCUT2D eigenvalue weighted by Crippen LogP contribution is 2.26. The van der Waals surface area contributed by atoms with Crippen LogP contribution in [0, 0.1) is 12.7 Å². The quantitative estimate of drug-likeness (QED) is 0.943. The molecule has 0 radical (unpaired) electrons. The highest BCUT2D eigenvalue weighted by molar-refractivity contribution is 9.10. The lowest BCUT2D eigenvalue weighted by atomic mass is 10.2. The zero-order valence-electron chi connectivity index (χ0n) is 9.78. The van der Waals surface area contributed by atoms with Gasteiger partial charge in [-0.25, -0.2) is 9.37 Å². The van der Waals surface area contributed by atoms with Crippen LogP contribution in [-0.4, -0.2) is 4.98 Å². The Morgan fingerprint density at radius 2 is 2.17 bits per heavy atom. The summed E-state index contributed by atoms with van der Waals surface area (Å²) in [6, 6.07) is 6.47. The highest BCUT2D eigenvalue weighted by atomic mass is 79.9. The third-order valence-electron chi connectivity index (χ3n) is 2.43. The first-order valence-electron chi connectivity index (χ1n) is 5.38. The number of halogens is 2. The number of hydrogen-bond donors (Lipinski definition) is 1. The minimum absolute atomic E-state index is 0.372. The van der Waals surface area contributed by atoms with Gasteiger partial charge < -0.3 is 10.5 Å². The maximum Gasteiger partial charge on any atom is 0.222 e. The van der Waals surface area contributed by atoms with Crippen LogP contribution in [0.25, 0.3) is 0 Å². The lowest BCUT2D eigenvalue weighted by molar-refractivity contribution is 0.453. The van der Waals surface area contributed by atoms with Crippen molar-refractivity contribution in [3.63, 3.8) is 0 Å². The lowest BCUT2D eigenvalue weighted by Crippen LogP contribution is -1.99. The molecule has 0 atom stereocenters. The molecule has 0 spiro atoms. The zero-order chi connectivity index (χ0) is 13.1. The molecule has 2 aromatic rings. The van der Waals surface area contributed by atoms with Crippen molar-refractivity contribution < 1.29 is 9.13 Å². The summed E-state index contributed by atoms with van der Waals surface area (Å²) in [5, 5.41) is 0. The normalized spacial score (nSPS) is 10.4. The minimum atomic E-state index is -0.372. The maximum absolute atomic E-state index is 13.3. The average molecular weight is 311 g/mol. The van der Waals surface area contributed by atoms with E-state index in [1.54, 1.807) is 18.3 Å². The van der Waals surface area contributed by atoms with Crippen molar-refractivity contribution in [2.75, 3.05) is 0 Å². The van der Waals surface area contributed by atoms with E-state index in [1.807, 2.05) is 13.0 Å². The van der Waals surface area contributed by atoms with Crippen molar-refractivity contribution in [2.45, 2.75) is 13.5 Å². The predicted molar refractivity (Wildman–Crippen MR) is 71.0 cm³/mol. The second kappa shape index (κ2) is 5.46. The second-order valence-corrected chi connectivity index (χ2v) is 4.70. The maximum atomic E-state index is 13.3. The first kappa shape index (κ1) is 13.0. The Hall–Kier alpha value is -1.46. The summed E-state index contributed by atoms with van der Waals surface area (Å²) in [6.45, 7) is 2.30. The number of pyridine rings is 1. The summed E-state index contributed by atoms with van der Waals surface area (Å²) in [6.07, 6.45) is 1.65. The van der Waals surface area contributed by atoms with Crippen LogP contribution in [0.3, 0.4) is 0 Å². The highest BCUT2D eigenvalue weighted by Gasteiger charge is 2.06. The van der Waals surface area contributed by atoms with E-state index in [4.69, 9.17) is 10.5 Å². The number of nitrogens with zero attached hydrogens (tertiary/aromatic N) is 1. The number of hydrogen-bond acceptors (Lipinski definition) is 3. The number of aromatic nitrogens is 1. The first-order chi connectivity index (χ1) is 8.60. The summed E-state index contributed by atoms with van der Waals surface area (Å²) < 4.78 is 19.3. The standard InChI is InChI=1S/C13H12BrFN2O/c1-8-4-9(6-16)7-17-13(8)18-10-2-3-11(14)12(15)5-10/h2-5,7H,6,16H2,1H3. The molecule has 2 N–H and O–H groups in total. The summed E-state index contributed by atoms with van der Waals surface area (Å²) in [5.41, 5.74) is 7.32. The summed E-state index contributed by atoms with van der Waals surface area (Å²) in [5.74, 6) is 0.490. The van der Waals surface area contributed by atoms with Crippen molar-refractivity contribution >= 4 is 15.9 Å². The Balaban J connectivity index is 2.25. The van der Waals surface area contributed by atoms with Gasteiger partial charge in [-0.05, 0) is 46.6 Å². The van der Waals surface area contributed by atoms with Gasteiger partial charge in [0, 0.05) is 24.4 Å². The topological polar surface area (TPSA) is 48.1 Å². The van der Waals surface area contributed by atoms with Gasteiger partial charge in [0.2, 0.25) is 5.88 Å². The Kier molecular flexibility index (Phi) is 3.93. The van der Waals surface area contributed by atoms with Crippen LogP contribution in [0.5, 0.6) is 11.6 Å². The van der Waals surface area contributed by atoms with Crippen molar-refractivity contribution in [2.24, 2.45) is 5.73 Å². The first-order valence-corrected chi connectivity index (χ1v) is 6.18. The number of nitrogens with two attached hydrogens (primary N) is 1. The molecule has 3 nitrogen and oxygen atoms in total. The van der Waals surface area contributed by atoms with E-state index in [0.717, 1.165) is 11.1 Å². The SMILES string of the molecule is Cc1cc(CN)cnc1Oc1ccc(Br)c(F)c1. The number of benzene rings is 1. The summed E-state index contributed by atoms with van der Waals surface area (Å²) in [7, 11) is 0. The van der Waals surface area contributed by atoms with Gasteiger partial charge in [0.1, 0.15) is 11.6 Å². The molecule has 0 aliphatic carbocycles. The molecule has 18 heavy (non-hydrogen) atoms. The Morgan fingerprint density at radius 3 is 2.78 bits per heavy atom. The predicted octanol–water partition coefficient (Wildman–Crippen LogP) is 3.54. The Labute approximate surface area is 113 Å². The molecule has 5 heteroatoms. The molecule has 0 aliphatic heterocycles. The van der Waals surface area contributed by atoms with Crippen molar-refractivity contribution in [1.82, 2.24) is 4.98 Å². The van der Waals surface area contributed by atoms with Gasteiger partial charge >= 0.3 is 0 Å². The van der Waals surface area contributed by atoms with Crippen LogP contribution in [0.4, 0.5) is 4.39 Å². The van der Waals surface area contributed by atoms with E-state index in [2.05, 4.69) is 20.9 Å². The van der Waals surface area contributed by atoms with E-state index >= 15 is 0 Å². The molecule has 0 aliphatic rings. The second-order valence-electron chi connectivity index (χ2n) is 3.85. The van der Waals surface area contributed by atoms with E-state index in [-0.39, 0.29) is 5.82 Å². The molecule has 1 heterocycles. The molecule has 0 amide bonds. The van der Waals surface area contributed by atoms with Gasteiger partial charge in [-0.1, -0.05) is 0 Å². The fraction of sp³-hybridized carbons (Fsp3) is 0.154. The molecular weight excluding hydrogens is 299 g/mol. The molecular formula is C13H12BrFN2O. The molecule has 94 valence electrons. The number of aryl methyl sites for hydroxylation is 1. The monoisotopic (exact) mass is 310 g/mol. The van der Waals surface area contributed by atoms with E-state index in [0.29, 0.717) is 22.6 Å². The summed E-state index contributed by atoms with van der Waals surface area (Å²) in [4.78, 5) is 4.16. The van der Waals surface area contributed by atoms with E-state index in [1.165, 1.54) is 6.07 Å².